The molecule has 2 aromatic rings. The van der Waals surface area contributed by atoms with Crippen LogP contribution in [0.2, 0.25) is 0 Å². The lowest BCUT2D eigenvalue weighted by atomic mass is 10.1. The number of carbonyl (C=O) groups excluding carboxylic acids is 1. The van der Waals surface area contributed by atoms with Crippen LogP contribution in [0.3, 0.4) is 0 Å². The molecule has 160 valence electrons. The fourth-order valence-corrected chi connectivity index (χ4v) is 3.60. The van der Waals surface area contributed by atoms with Crippen LogP contribution in [0.15, 0.2) is 30.6 Å². The SMILES string of the molecule is COc1cccc(CN(C)C(=O)CN2CCNCC2c2nccn2C)c1OC.Cl. The van der Waals surface area contributed by atoms with Crippen molar-refractivity contribution >= 4 is 18.3 Å². The molecule has 1 aliphatic rings. The van der Waals surface area contributed by atoms with Crippen LogP contribution < -0.4 is 14.8 Å². The molecule has 0 saturated carbocycles. The highest BCUT2D eigenvalue weighted by Crippen LogP contribution is 2.31. The second kappa shape index (κ2) is 10.5. The Labute approximate surface area is 178 Å². The predicted molar refractivity (Wildman–Crippen MR) is 114 cm³/mol. The Hall–Kier alpha value is -2.29. The summed E-state index contributed by atoms with van der Waals surface area (Å²) in [5.41, 5.74) is 0.915. The largest absolute Gasteiger partial charge is 0.493 e. The van der Waals surface area contributed by atoms with E-state index in [9.17, 15) is 4.79 Å². The van der Waals surface area contributed by atoms with Gasteiger partial charge in [0.2, 0.25) is 5.91 Å². The molecule has 8 nitrogen and oxygen atoms in total. The molecule has 0 bridgehead atoms. The van der Waals surface area contributed by atoms with Crippen molar-refractivity contribution in [2.24, 2.45) is 7.05 Å². The van der Waals surface area contributed by atoms with Crippen LogP contribution in [0.4, 0.5) is 0 Å². The van der Waals surface area contributed by atoms with Gasteiger partial charge >= 0.3 is 0 Å². The van der Waals surface area contributed by atoms with Crippen molar-refractivity contribution in [3.8, 4) is 11.5 Å². The van der Waals surface area contributed by atoms with Gasteiger partial charge in [0, 0.05) is 58.2 Å². The average molecular weight is 424 g/mol. The lowest BCUT2D eigenvalue weighted by Crippen LogP contribution is -2.50. The summed E-state index contributed by atoms with van der Waals surface area (Å²) < 4.78 is 12.9. The van der Waals surface area contributed by atoms with E-state index in [4.69, 9.17) is 9.47 Å². The van der Waals surface area contributed by atoms with E-state index in [1.165, 1.54) is 0 Å². The number of ether oxygens (including phenoxy) is 2. The lowest BCUT2D eigenvalue weighted by Gasteiger charge is -2.36. The minimum absolute atomic E-state index is 0. The molecule has 1 fully saturated rings. The quantitative estimate of drug-likeness (QED) is 0.727. The van der Waals surface area contributed by atoms with Crippen molar-refractivity contribution in [1.29, 1.82) is 0 Å². The number of rotatable bonds is 7. The lowest BCUT2D eigenvalue weighted by molar-refractivity contribution is -0.132. The van der Waals surface area contributed by atoms with E-state index in [1.54, 1.807) is 25.3 Å². The van der Waals surface area contributed by atoms with E-state index in [0.717, 1.165) is 31.0 Å². The number of methoxy groups -OCH3 is 2. The van der Waals surface area contributed by atoms with Gasteiger partial charge in [-0.2, -0.15) is 0 Å². The summed E-state index contributed by atoms with van der Waals surface area (Å²) in [6.45, 7) is 3.26. The molecular weight excluding hydrogens is 394 g/mol. The first-order valence-electron chi connectivity index (χ1n) is 9.41. The van der Waals surface area contributed by atoms with Gasteiger partial charge in [0.05, 0.1) is 26.8 Å². The summed E-state index contributed by atoms with van der Waals surface area (Å²) in [6, 6.07) is 5.79. The van der Waals surface area contributed by atoms with Crippen molar-refractivity contribution in [2.45, 2.75) is 12.6 Å². The zero-order valence-electron chi connectivity index (χ0n) is 17.4. The van der Waals surface area contributed by atoms with Crippen LogP contribution in [-0.4, -0.2) is 72.7 Å². The van der Waals surface area contributed by atoms with Crippen LogP contribution in [0, 0.1) is 0 Å². The van der Waals surface area contributed by atoms with Gasteiger partial charge in [0.1, 0.15) is 5.82 Å². The Kier molecular flexibility index (Phi) is 8.31. The van der Waals surface area contributed by atoms with Crippen molar-refractivity contribution in [3.05, 3.63) is 42.0 Å². The monoisotopic (exact) mass is 423 g/mol. The van der Waals surface area contributed by atoms with E-state index in [2.05, 4.69) is 15.2 Å². The van der Waals surface area contributed by atoms with Crippen molar-refractivity contribution < 1.29 is 14.3 Å². The number of aryl methyl sites for hydroxylation is 1. The number of hydrogen-bond donors (Lipinski definition) is 1. The number of likely N-dealkylation sites (N-methyl/N-ethyl adjacent to an activating group) is 1. The molecule has 1 aliphatic heterocycles. The van der Waals surface area contributed by atoms with Gasteiger partial charge in [0.25, 0.3) is 0 Å². The van der Waals surface area contributed by atoms with Crippen molar-refractivity contribution in [3.63, 3.8) is 0 Å². The van der Waals surface area contributed by atoms with E-state index < -0.39 is 0 Å². The molecule has 1 atom stereocenters. The summed E-state index contributed by atoms with van der Waals surface area (Å²) in [6.07, 6.45) is 3.73. The highest BCUT2D eigenvalue weighted by molar-refractivity contribution is 5.85. The van der Waals surface area contributed by atoms with Gasteiger partial charge in [0.15, 0.2) is 11.5 Å². The first-order chi connectivity index (χ1) is 13.5. The van der Waals surface area contributed by atoms with Gasteiger partial charge in [-0.3, -0.25) is 9.69 Å². The number of nitrogens with one attached hydrogen (secondary N) is 1. The number of para-hydroxylation sites is 1. The molecule has 2 heterocycles. The molecule has 0 aliphatic carbocycles. The number of piperazine rings is 1. The van der Waals surface area contributed by atoms with Gasteiger partial charge in [-0.1, -0.05) is 12.1 Å². The van der Waals surface area contributed by atoms with Crippen LogP contribution in [0.5, 0.6) is 11.5 Å². The Morgan fingerprint density at radius 3 is 2.79 bits per heavy atom. The summed E-state index contributed by atoms with van der Waals surface area (Å²) in [5.74, 6) is 2.36. The second-order valence-corrected chi connectivity index (χ2v) is 6.99. The zero-order valence-corrected chi connectivity index (χ0v) is 18.2. The number of aromatic nitrogens is 2. The molecule has 1 aromatic carbocycles. The van der Waals surface area contributed by atoms with Gasteiger partial charge in [-0.25, -0.2) is 4.98 Å². The number of benzene rings is 1. The maximum atomic E-state index is 12.9. The van der Waals surface area contributed by atoms with E-state index in [1.807, 2.05) is 43.1 Å². The average Bonchev–Trinajstić information content (AvgIpc) is 3.13. The minimum Gasteiger partial charge on any atom is -0.493 e. The first kappa shape index (κ1) is 23.0. The molecule has 3 rings (SSSR count). The molecule has 1 unspecified atom stereocenters. The molecule has 1 N–H and O–H groups in total. The third-order valence-corrected chi connectivity index (χ3v) is 5.17. The van der Waals surface area contributed by atoms with Crippen LogP contribution >= 0.6 is 12.4 Å². The summed E-state index contributed by atoms with van der Waals surface area (Å²) >= 11 is 0. The van der Waals surface area contributed by atoms with E-state index >= 15 is 0 Å². The maximum absolute atomic E-state index is 12.9. The second-order valence-electron chi connectivity index (χ2n) is 6.99. The highest BCUT2D eigenvalue weighted by atomic mass is 35.5. The molecular formula is C20H30ClN5O3. The summed E-state index contributed by atoms with van der Waals surface area (Å²) in [4.78, 5) is 21.3. The third kappa shape index (κ3) is 5.20. The molecule has 29 heavy (non-hydrogen) atoms. The Morgan fingerprint density at radius 2 is 2.14 bits per heavy atom. The Balaban J connectivity index is 0.00000300. The van der Waals surface area contributed by atoms with Gasteiger partial charge < -0.3 is 24.3 Å². The maximum Gasteiger partial charge on any atom is 0.236 e. The number of halogens is 1. The van der Waals surface area contributed by atoms with Crippen LogP contribution in [-0.2, 0) is 18.4 Å². The highest BCUT2D eigenvalue weighted by Gasteiger charge is 2.29. The van der Waals surface area contributed by atoms with Crippen LogP contribution in [0.25, 0.3) is 0 Å². The minimum atomic E-state index is 0. The topological polar surface area (TPSA) is 71.9 Å². The first-order valence-corrected chi connectivity index (χ1v) is 9.41. The molecule has 1 amide bonds. The Bertz CT molecular complexity index is 813. The molecule has 1 aromatic heterocycles. The summed E-state index contributed by atoms with van der Waals surface area (Å²) in [5, 5.41) is 3.40. The summed E-state index contributed by atoms with van der Waals surface area (Å²) in [7, 11) is 7.03. The number of amides is 1. The predicted octanol–water partition coefficient (Wildman–Crippen LogP) is 1.46. The van der Waals surface area contributed by atoms with Crippen molar-refractivity contribution in [1.82, 2.24) is 24.7 Å². The molecule has 0 spiro atoms. The molecule has 0 radical (unpaired) electrons. The molecule has 1 saturated heterocycles. The number of hydrogen-bond acceptors (Lipinski definition) is 6. The number of imidazole rings is 1. The fourth-order valence-electron chi connectivity index (χ4n) is 3.60. The van der Waals surface area contributed by atoms with Crippen LogP contribution in [0.1, 0.15) is 17.4 Å². The van der Waals surface area contributed by atoms with Gasteiger partial charge in [-0.15, -0.1) is 12.4 Å². The normalized spacial score (nSPS) is 16.8. The van der Waals surface area contributed by atoms with E-state index in [-0.39, 0.29) is 24.4 Å². The number of nitrogens with zero attached hydrogens (tertiary/aromatic N) is 4. The molecule has 9 heteroatoms. The number of carbonyl (C=O) groups is 1. The Morgan fingerprint density at radius 1 is 1.34 bits per heavy atom. The fraction of sp³-hybridized carbons (Fsp3) is 0.500. The standard InChI is InChI=1S/C20H29N5O3.ClH/c1-23-10-9-22-20(23)16-12-21-8-11-25(16)14-18(26)24(2)13-15-6-5-7-17(27-3)19(15)28-4;/h5-7,9-10,16,21H,8,11-14H2,1-4H3;1H. The van der Waals surface area contributed by atoms with Crippen molar-refractivity contribution in [2.75, 3.05) is 47.4 Å². The smallest absolute Gasteiger partial charge is 0.236 e. The van der Waals surface area contributed by atoms with Gasteiger partial charge in [-0.05, 0) is 6.07 Å². The third-order valence-electron chi connectivity index (χ3n) is 5.17. The van der Waals surface area contributed by atoms with E-state index in [0.29, 0.717) is 24.6 Å². The zero-order chi connectivity index (χ0) is 20.1.